The number of ketones is 1. The zero-order valence-corrected chi connectivity index (χ0v) is 9.73. The molecule has 1 aromatic carbocycles. The third kappa shape index (κ3) is 4.96. The lowest BCUT2D eigenvalue weighted by atomic mass is 10.1. The first-order valence-corrected chi connectivity index (χ1v) is 5.09. The molecule has 1 rings (SSSR count). The van der Waals surface area contributed by atoms with Crippen LogP contribution in [0.5, 0.6) is 5.75 Å². The monoisotopic (exact) mass is 291 g/mol. The molecule has 6 nitrogen and oxygen atoms in total. The van der Waals surface area contributed by atoms with Gasteiger partial charge in [-0.25, -0.2) is 4.79 Å². The molecule has 0 aliphatic heterocycles. The van der Waals surface area contributed by atoms with E-state index in [0.717, 1.165) is 24.3 Å². The Bertz CT molecular complexity index is 524. The number of hydrogen-bond acceptors (Lipinski definition) is 4. The number of carboxylic acid groups (broad SMARTS) is 1. The summed E-state index contributed by atoms with van der Waals surface area (Å²) in [5.74, 6) is -4.25. The number of carbonyl (C=O) groups excluding carboxylic acids is 2. The van der Waals surface area contributed by atoms with E-state index in [2.05, 4.69) is 4.74 Å². The molecule has 0 fully saturated rings. The fourth-order valence-electron chi connectivity index (χ4n) is 1.18. The van der Waals surface area contributed by atoms with Gasteiger partial charge in [-0.15, -0.1) is 13.2 Å². The number of nitrogens with one attached hydrogen (secondary N) is 1. The van der Waals surface area contributed by atoms with E-state index in [-0.39, 0.29) is 5.56 Å². The Morgan fingerprint density at radius 1 is 1.15 bits per heavy atom. The van der Waals surface area contributed by atoms with Gasteiger partial charge < -0.3 is 15.2 Å². The second-order valence-electron chi connectivity index (χ2n) is 3.48. The molecule has 0 aliphatic rings. The highest BCUT2D eigenvalue weighted by atomic mass is 19.4. The van der Waals surface area contributed by atoms with E-state index in [1.807, 2.05) is 5.32 Å². The van der Waals surface area contributed by atoms with Gasteiger partial charge in [0, 0.05) is 5.56 Å². The Morgan fingerprint density at radius 3 is 2.15 bits per heavy atom. The number of ether oxygens (including phenoxy) is 1. The second-order valence-corrected chi connectivity index (χ2v) is 3.48. The maximum Gasteiger partial charge on any atom is 0.573 e. The van der Waals surface area contributed by atoms with Crippen molar-refractivity contribution in [3.05, 3.63) is 29.8 Å². The van der Waals surface area contributed by atoms with Gasteiger partial charge in [0.05, 0.1) is 6.54 Å². The highest BCUT2D eigenvalue weighted by Crippen LogP contribution is 2.22. The topological polar surface area (TPSA) is 92.7 Å². The summed E-state index contributed by atoms with van der Waals surface area (Å²) >= 11 is 0. The van der Waals surface area contributed by atoms with E-state index in [1.54, 1.807) is 0 Å². The molecule has 0 radical (unpaired) electrons. The summed E-state index contributed by atoms with van der Waals surface area (Å²) in [6.07, 6.45) is -4.83. The second kappa shape index (κ2) is 6.04. The van der Waals surface area contributed by atoms with Gasteiger partial charge in [0.25, 0.3) is 0 Å². The number of carbonyl (C=O) groups is 3. The number of Topliss-reactive ketones (excluding diaryl/α,β-unsaturated/α-hetero) is 1. The van der Waals surface area contributed by atoms with Gasteiger partial charge in [0.2, 0.25) is 0 Å². The zero-order chi connectivity index (χ0) is 15.3. The maximum atomic E-state index is 11.9. The number of benzene rings is 1. The van der Waals surface area contributed by atoms with Crippen molar-refractivity contribution in [3.8, 4) is 5.75 Å². The number of rotatable bonds is 4. The molecule has 0 saturated carbocycles. The summed E-state index contributed by atoms with van der Waals surface area (Å²) < 4.78 is 39.3. The molecule has 0 unspecified atom stereocenters. The predicted octanol–water partition coefficient (Wildman–Crippen LogP) is 0.969. The lowest BCUT2D eigenvalue weighted by molar-refractivity contribution is -0.274. The minimum absolute atomic E-state index is 0.00483. The highest BCUT2D eigenvalue weighted by molar-refractivity contribution is 6.32. The molecule has 0 aromatic heterocycles. The van der Waals surface area contributed by atoms with Crippen LogP contribution in [-0.4, -0.2) is 35.7 Å². The molecule has 9 heteroatoms. The summed E-state index contributed by atoms with van der Waals surface area (Å²) in [6, 6.07) is 3.99. The maximum absolute atomic E-state index is 11.9. The van der Waals surface area contributed by atoms with Gasteiger partial charge >= 0.3 is 18.2 Å². The Kier molecular flexibility index (Phi) is 4.68. The van der Waals surface area contributed by atoms with Crippen LogP contribution in [0.4, 0.5) is 13.2 Å². The minimum atomic E-state index is -4.83. The molecule has 108 valence electrons. The van der Waals surface area contributed by atoms with Crippen molar-refractivity contribution in [2.75, 3.05) is 6.54 Å². The van der Waals surface area contributed by atoms with Crippen LogP contribution in [0, 0.1) is 0 Å². The van der Waals surface area contributed by atoms with Crippen LogP contribution in [0.3, 0.4) is 0 Å². The molecule has 0 saturated heterocycles. The molecule has 0 spiro atoms. The van der Waals surface area contributed by atoms with Crippen molar-refractivity contribution in [1.29, 1.82) is 0 Å². The molecule has 0 bridgehead atoms. The Labute approximate surface area is 110 Å². The van der Waals surface area contributed by atoms with Crippen LogP contribution in [0.1, 0.15) is 10.4 Å². The number of amides is 1. The first kappa shape index (κ1) is 15.5. The standard InChI is InChI=1S/C11H8F3NO5/c12-11(13,14)20-7-3-1-6(2-4-7)8(16)5-15-9(17)10(18)19/h1-4H,5H2,(H,15,17)(H,18,19). The lowest BCUT2D eigenvalue weighted by Crippen LogP contribution is -2.34. The van der Waals surface area contributed by atoms with Crippen LogP contribution in [0.15, 0.2) is 24.3 Å². The molecule has 0 aliphatic carbocycles. The lowest BCUT2D eigenvalue weighted by Gasteiger charge is -2.09. The smallest absolute Gasteiger partial charge is 0.474 e. The van der Waals surface area contributed by atoms with Gasteiger partial charge in [-0.3, -0.25) is 9.59 Å². The molecule has 0 heterocycles. The number of aliphatic carboxylic acids is 1. The Hall–Kier alpha value is -2.58. The Morgan fingerprint density at radius 2 is 1.70 bits per heavy atom. The van der Waals surface area contributed by atoms with E-state index in [0.29, 0.717) is 0 Å². The molecular formula is C11H8F3NO5. The normalized spacial score (nSPS) is 10.8. The molecule has 0 atom stereocenters. The largest absolute Gasteiger partial charge is 0.573 e. The van der Waals surface area contributed by atoms with Gasteiger partial charge in [-0.05, 0) is 24.3 Å². The molecule has 2 N–H and O–H groups in total. The summed E-state index contributed by atoms with van der Waals surface area (Å²) in [7, 11) is 0. The van der Waals surface area contributed by atoms with Crippen molar-refractivity contribution in [3.63, 3.8) is 0 Å². The number of halogens is 3. The zero-order valence-electron chi connectivity index (χ0n) is 9.73. The Balaban J connectivity index is 2.62. The highest BCUT2D eigenvalue weighted by Gasteiger charge is 2.31. The SMILES string of the molecule is O=C(O)C(=O)NCC(=O)c1ccc(OC(F)(F)F)cc1. The van der Waals surface area contributed by atoms with E-state index in [1.165, 1.54) is 0 Å². The van der Waals surface area contributed by atoms with Crippen molar-refractivity contribution in [2.45, 2.75) is 6.36 Å². The van der Waals surface area contributed by atoms with Crippen molar-refractivity contribution in [1.82, 2.24) is 5.32 Å². The summed E-state index contributed by atoms with van der Waals surface area (Å²) in [4.78, 5) is 32.4. The van der Waals surface area contributed by atoms with Crippen molar-refractivity contribution >= 4 is 17.7 Å². The third-order valence-corrected chi connectivity index (χ3v) is 2.01. The fraction of sp³-hybridized carbons (Fsp3) is 0.182. The summed E-state index contributed by atoms with van der Waals surface area (Å²) in [6.45, 7) is -0.579. The summed E-state index contributed by atoms with van der Waals surface area (Å²) in [5.41, 5.74) is 0.00483. The van der Waals surface area contributed by atoms with Crippen molar-refractivity contribution in [2.24, 2.45) is 0 Å². The minimum Gasteiger partial charge on any atom is -0.474 e. The first-order chi connectivity index (χ1) is 9.19. The van der Waals surface area contributed by atoms with E-state index in [4.69, 9.17) is 5.11 Å². The van der Waals surface area contributed by atoms with Crippen molar-refractivity contribution < 1.29 is 37.4 Å². The average molecular weight is 291 g/mol. The van der Waals surface area contributed by atoms with Gasteiger partial charge in [0.1, 0.15) is 5.75 Å². The molecule has 20 heavy (non-hydrogen) atoms. The number of alkyl halides is 3. The predicted molar refractivity (Wildman–Crippen MR) is 58.1 cm³/mol. The van der Waals surface area contributed by atoms with Gasteiger partial charge in [-0.2, -0.15) is 0 Å². The molecule has 1 aromatic rings. The molecular weight excluding hydrogens is 283 g/mol. The molecule has 1 amide bonds. The van der Waals surface area contributed by atoms with Gasteiger partial charge in [-0.1, -0.05) is 0 Å². The average Bonchev–Trinajstić information content (AvgIpc) is 2.34. The van der Waals surface area contributed by atoms with E-state index >= 15 is 0 Å². The number of carboxylic acids is 1. The van der Waals surface area contributed by atoms with Crippen LogP contribution in [-0.2, 0) is 9.59 Å². The summed E-state index contributed by atoms with van der Waals surface area (Å²) in [5, 5.41) is 10.1. The first-order valence-electron chi connectivity index (χ1n) is 5.09. The van der Waals surface area contributed by atoms with E-state index in [9.17, 15) is 27.6 Å². The fourth-order valence-corrected chi connectivity index (χ4v) is 1.18. The van der Waals surface area contributed by atoms with Crippen LogP contribution >= 0.6 is 0 Å². The number of hydrogen-bond donors (Lipinski definition) is 2. The van der Waals surface area contributed by atoms with Gasteiger partial charge in [0.15, 0.2) is 5.78 Å². The van der Waals surface area contributed by atoms with Crippen LogP contribution in [0.25, 0.3) is 0 Å². The quantitative estimate of drug-likeness (QED) is 0.637. The van der Waals surface area contributed by atoms with Crippen LogP contribution in [0.2, 0.25) is 0 Å². The van der Waals surface area contributed by atoms with Crippen LogP contribution < -0.4 is 10.1 Å². The third-order valence-electron chi connectivity index (χ3n) is 2.01. The van der Waals surface area contributed by atoms with E-state index < -0.39 is 36.3 Å².